The number of hydrogen-bond donors (Lipinski definition) is 1. The Morgan fingerprint density at radius 2 is 2.32 bits per heavy atom. The Hall–Kier alpha value is -2.45. The molecule has 9 nitrogen and oxygen atoms in total. The third-order valence-corrected chi connectivity index (χ3v) is 4.78. The van der Waals surface area contributed by atoms with Gasteiger partial charge >= 0.3 is 11.7 Å². The van der Waals surface area contributed by atoms with Gasteiger partial charge in [0.15, 0.2) is 0 Å². The van der Waals surface area contributed by atoms with Gasteiger partial charge in [-0.25, -0.2) is 0 Å². The fourth-order valence-electron chi connectivity index (χ4n) is 3.60. The van der Waals surface area contributed by atoms with Crippen LogP contribution in [-0.4, -0.2) is 49.7 Å². The molecule has 1 aliphatic carbocycles. The highest BCUT2D eigenvalue weighted by Gasteiger charge is 2.55. The van der Waals surface area contributed by atoms with Crippen LogP contribution in [0.1, 0.15) is 19.3 Å². The lowest BCUT2D eigenvalue weighted by molar-refractivity contribution is -0.385. The number of hydrogen-bond acceptors (Lipinski definition) is 5. The number of aliphatic carboxylic acids is 1. The second-order valence-electron chi connectivity index (χ2n) is 5.98. The third kappa shape index (κ3) is 2.22. The van der Waals surface area contributed by atoms with E-state index >= 15 is 0 Å². The van der Waals surface area contributed by atoms with Gasteiger partial charge < -0.3 is 10.0 Å². The molecule has 0 unspecified atom stereocenters. The molecule has 1 amide bonds. The average Bonchev–Trinajstić information content (AvgIpc) is 3.10. The molecule has 2 aliphatic rings. The Bertz CT molecular complexity index is 642. The van der Waals surface area contributed by atoms with Crippen LogP contribution in [0.5, 0.6) is 0 Å². The van der Waals surface area contributed by atoms with E-state index in [2.05, 4.69) is 5.10 Å². The van der Waals surface area contributed by atoms with E-state index in [4.69, 9.17) is 0 Å². The first-order valence-corrected chi connectivity index (χ1v) is 7.10. The van der Waals surface area contributed by atoms with Crippen LogP contribution in [0.15, 0.2) is 12.4 Å². The molecule has 1 aromatic rings. The molecule has 2 fully saturated rings. The highest BCUT2D eigenvalue weighted by molar-refractivity contribution is 5.81. The molecule has 1 saturated carbocycles. The Kier molecular flexibility index (Phi) is 3.34. The van der Waals surface area contributed by atoms with Crippen molar-refractivity contribution in [1.82, 2.24) is 14.7 Å². The standard InChI is InChI=1S/C13H16N4O5/c18-11(7-16-6-10(4-14-16)17(21)22)15-5-9-2-1-3-13(9,8-15)12(19)20/h4,6,9H,1-3,5,7-8H2,(H,19,20)/t9-,13+/m0/s1. The quantitative estimate of drug-likeness (QED) is 0.639. The van der Waals surface area contributed by atoms with Crippen LogP contribution in [0, 0.1) is 21.4 Å². The number of amides is 1. The molecular formula is C13H16N4O5. The molecule has 1 N–H and O–H groups in total. The van der Waals surface area contributed by atoms with E-state index in [1.807, 2.05) is 0 Å². The second kappa shape index (κ2) is 5.08. The van der Waals surface area contributed by atoms with Crippen molar-refractivity contribution in [2.24, 2.45) is 11.3 Å². The molecule has 1 aromatic heterocycles. The number of rotatable bonds is 4. The largest absolute Gasteiger partial charge is 0.481 e. The summed E-state index contributed by atoms with van der Waals surface area (Å²) in [5.41, 5.74) is -0.987. The van der Waals surface area contributed by atoms with Gasteiger partial charge in [0, 0.05) is 13.1 Å². The van der Waals surface area contributed by atoms with Gasteiger partial charge in [0.25, 0.3) is 0 Å². The Morgan fingerprint density at radius 3 is 2.91 bits per heavy atom. The van der Waals surface area contributed by atoms with E-state index in [-0.39, 0.29) is 30.6 Å². The normalized spacial score (nSPS) is 26.9. The van der Waals surface area contributed by atoms with Crippen LogP contribution in [0.4, 0.5) is 5.69 Å². The molecule has 118 valence electrons. The zero-order valence-corrected chi connectivity index (χ0v) is 11.8. The highest BCUT2D eigenvalue weighted by Crippen LogP contribution is 2.48. The number of likely N-dealkylation sites (tertiary alicyclic amines) is 1. The summed E-state index contributed by atoms with van der Waals surface area (Å²) in [7, 11) is 0. The van der Waals surface area contributed by atoms with Gasteiger partial charge in [-0.2, -0.15) is 5.10 Å². The number of carbonyl (C=O) groups excluding carboxylic acids is 1. The van der Waals surface area contributed by atoms with Crippen LogP contribution in [0.25, 0.3) is 0 Å². The number of nitrogens with zero attached hydrogens (tertiary/aromatic N) is 4. The number of nitro groups is 1. The van der Waals surface area contributed by atoms with Gasteiger partial charge in [-0.15, -0.1) is 0 Å². The lowest BCUT2D eigenvalue weighted by Gasteiger charge is -2.23. The van der Waals surface area contributed by atoms with Crippen LogP contribution in [0.3, 0.4) is 0 Å². The van der Waals surface area contributed by atoms with E-state index in [9.17, 15) is 24.8 Å². The predicted molar refractivity (Wildman–Crippen MR) is 72.9 cm³/mol. The highest BCUT2D eigenvalue weighted by atomic mass is 16.6. The van der Waals surface area contributed by atoms with Crippen LogP contribution in [-0.2, 0) is 16.1 Å². The van der Waals surface area contributed by atoms with Crippen molar-refractivity contribution in [3.63, 3.8) is 0 Å². The van der Waals surface area contributed by atoms with Crippen molar-refractivity contribution < 1.29 is 19.6 Å². The van der Waals surface area contributed by atoms with Crippen molar-refractivity contribution in [2.45, 2.75) is 25.8 Å². The fourth-order valence-corrected chi connectivity index (χ4v) is 3.60. The van der Waals surface area contributed by atoms with Crippen molar-refractivity contribution in [2.75, 3.05) is 13.1 Å². The molecule has 0 bridgehead atoms. The monoisotopic (exact) mass is 308 g/mol. The van der Waals surface area contributed by atoms with Gasteiger partial charge in [0.05, 0.1) is 10.3 Å². The summed E-state index contributed by atoms with van der Waals surface area (Å²) in [4.78, 5) is 35.4. The minimum absolute atomic E-state index is 0.000840. The van der Waals surface area contributed by atoms with Crippen molar-refractivity contribution >= 4 is 17.6 Å². The van der Waals surface area contributed by atoms with E-state index in [1.54, 1.807) is 4.90 Å². The molecular weight excluding hydrogens is 292 g/mol. The first-order valence-electron chi connectivity index (χ1n) is 7.10. The fraction of sp³-hybridized carbons (Fsp3) is 0.615. The molecule has 2 heterocycles. The number of carboxylic acids is 1. The maximum Gasteiger partial charge on any atom is 0.311 e. The smallest absolute Gasteiger partial charge is 0.311 e. The first-order chi connectivity index (χ1) is 10.4. The summed E-state index contributed by atoms with van der Waals surface area (Å²) in [6.45, 7) is 0.542. The number of aromatic nitrogens is 2. The Balaban J connectivity index is 1.69. The van der Waals surface area contributed by atoms with Crippen molar-refractivity contribution in [3.8, 4) is 0 Å². The third-order valence-electron chi connectivity index (χ3n) is 4.78. The van der Waals surface area contributed by atoms with Gasteiger partial charge in [-0.05, 0) is 18.8 Å². The van der Waals surface area contributed by atoms with Crippen LogP contribution < -0.4 is 0 Å². The summed E-state index contributed by atoms with van der Waals surface area (Å²) in [6, 6.07) is 0. The predicted octanol–water partition coefficient (Wildman–Crippen LogP) is 0.505. The van der Waals surface area contributed by atoms with Crippen LogP contribution in [0.2, 0.25) is 0 Å². The summed E-state index contributed by atoms with van der Waals surface area (Å²) in [5, 5.41) is 23.9. The number of carbonyl (C=O) groups is 2. The van der Waals surface area contributed by atoms with E-state index in [0.29, 0.717) is 13.0 Å². The summed E-state index contributed by atoms with van der Waals surface area (Å²) in [6.07, 6.45) is 4.59. The minimum Gasteiger partial charge on any atom is -0.481 e. The van der Waals surface area contributed by atoms with Gasteiger partial charge in [0.1, 0.15) is 18.9 Å². The Labute approximate surface area is 125 Å². The molecule has 22 heavy (non-hydrogen) atoms. The van der Waals surface area contributed by atoms with Gasteiger partial charge in [-0.3, -0.25) is 24.4 Å². The molecule has 2 atom stereocenters. The zero-order valence-electron chi connectivity index (χ0n) is 11.8. The van der Waals surface area contributed by atoms with E-state index < -0.39 is 16.3 Å². The first kappa shape index (κ1) is 14.5. The average molecular weight is 308 g/mol. The lowest BCUT2D eigenvalue weighted by atomic mass is 9.81. The zero-order chi connectivity index (χ0) is 15.9. The summed E-state index contributed by atoms with van der Waals surface area (Å²) < 4.78 is 1.21. The van der Waals surface area contributed by atoms with Crippen molar-refractivity contribution in [3.05, 3.63) is 22.5 Å². The van der Waals surface area contributed by atoms with E-state index in [1.165, 1.54) is 10.9 Å². The summed E-state index contributed by atoms with van der Waals surface area (Å²) in [5.74, 6) is -1.09. The maximum absolute atomic E-state index is 12.3. The Morgan fingerprint density at radius 1 is 1.55 bits per heavy atom. The minimum atomic E-state index is -0.833. The molecule has 0 aromatic carbocycles. The molecule has 9 heteroatoms. The molecule has 0 radical (unpaired) electrons. The maximum atomic E-state index is 12.3. The van der Waals surface area contributed by atoms with Gasteiger partial charge in [-0.1, -0.05) is 6.42 Å². The molecule has 3 rings (SSSR count). The summed E-state index contributed by atoms with van der Waals surface area (Å²) >= 11 is 0. The van der Waals surface area contributed by atoms with Crippen LogP contribution >= 0.6 is 0 Å². The SMILES string of the molecule is O=C(Cn1cc([N+](=O)[O-])cn1)N1C[C@@H]2CCC[C@@]2(C(=O)O)C1. The molecule has 1 aliphatic heterocycles. The number of carboxylic acid groups (broad SMARTS) is 1. The topological polar surface area (TPSA) is 119 Å². The van der Waals surface area contributed by atoms with Crippen molar-refractivity contribution in [1.29, 1.82) is 0 Å². The molecule has 1 saturated heterocycles. The molecule has 0 spiro atoms. The second-order valence-corrected chi connectivity index (χ2v) is 5.98. The van der Waals surface area contributed by atoms with E-state index in [0.717, 1.165) is 19.0 Å². The number of fused-ring (bicyclic) bond motifs is 1. The lowest BCUT2D eigenvalue weighted by Crippen LogP contribution is -2.38. The van der Waals surface area contributed by atoms with Gasteiger partial charge in [0.2, 0.25) is 5.91 Å².